The highest BCUT2D eigenvalue weighted by Crippen LogP contribution is 2.27. The number of aromatic nitrogens is 1. The molecule has 5 heteroatoms. The first-order valence-electron chi connectivity index (χ1n) is 4.68. The topological polar surface area (TPSA) is 38.9 Å². The summed E-state index contributed by atoms with van der Waals surface area (Å²) in [5, 5.41) is 1.99. The second-order valence-electron chi connectivity index (χ2n) is 2.86. The van der Waals surface area contributed by atoms with Gasteiger partial charge in [0.05, 0.1) is 11.4 Å². The van der Waals surface area contributed by atoms with Crippen LogP contribution in [0.1, 0.15) is 9.75 Å². The zero-order valence-electron chi connectivity index (χ0n) is 8.47. The van der Waals surface area contributed by atoms with Gasteiger partial charge in [0.25, 0.3) is 0 Å². The van der Waals surface area contributed by atoms with E-state index in [4.69, 9.17) is 5.73 Å². The summed E-state index contributed by atoms with van der Waals surface area (Å²) < 4.78 is 1.11. The summed E-state index contributed by atoms with van der Waals surface area (Å²) >= 11 is 5.16. The Balaban J connectivity index is 1.93. The molecular weight excluding hydrogens is 256 g/mol. The molecular formula is C11H10N2S3. The lowest BCUT2D eigenvalue weighted by Gasteiger charge is -1.92. The summed E-state index contributed by atoms with van der Waals surface area (Å²) in [6.45, 7) is 0.418. The molecule has 2 heterocycles. The summed E-state index contributed by atoms with van der Waals surface area (Å²) in [6, 6.07) is 4.16. The number of hydrogen-bond donors (Lipinski definition) is 1. The second-order valence-corrected chi connectivity index (χ2v) is 6.14. The van der Waals surface area contributed by atoms with E-state index in [0.29, 0.717) is 6.54 Å². The van der Waals surface area contributed by atoms with Crippen molar-refractivity contribution in [3.05, 3.63) is 33.5 Å². The van der Waals surface area contributed by atoms with E-state index in [1.54, 1.807) is 34.4 Å². The SMILES string of the molecule is NCC#Cc1ccc(CSc2nccs2)s1. The van der Waals surface area contributed by atoms with Gasteiger partial charge in [-0.15, -0.1) is 22.7 Å². The highest BCUT2D eigenvalue weighted by atomic mass is 32.2. The molecule has 0 bridgehead atoms. The van der Waals surface area contributed by atoms with Crippen LogP contribution in [-0.2, 0) is 5.75 Å². The third kappa shape index (κ3) is 3.35. The third-order valence-corrected chi connectivity index (χ3v) is 4.92. The van der Waals surface area contributed by atoms with Gasteiger partial charge in [0.2, 0.25) is 0 Å². The van der Waals surface area contributed by atoms with Crippen LogP contribution in [0.5, 0.6) is 0 Å². The van der Waals surface area contributed by atoms with Gasteiger partial charge < -0.3 is 5.73 Å². The standard InChI is InChI=1S/C11H10N2S3/c12-5-1-2-9-3-4-10(16-9)8-15-11-13-6-7-14-11/h3-4,6-7H,5,8,12H2. The minimum Gasteiger partial charge on any atom is -0.320 e. The molecule has 0 amide bonds. The van der Waals surface area contributed by atoms with Crippen molar-refractivity contribution in [2.75, 3.05) is 6.54 Å². The van der Waals surface area contributed by atoms with Gasteiger partial charge in [0.1, 0.15) is 4.34 Å². The zero-order valence-corrected chi connectivity index (χ0v) is 10.9. The largest absolute Gasteiger partial charge is 0.320 e. The van der Waals surface area contributed by atoms with Gasteiger partial charge in [-0.1, -0.05) is 23.6 Å². The molecule has 2 N–H and O–H groups in total. The number of rotatable bonds is 3. The van der Waals surface area contributed by atoms with Crippen LogP contribution in [0.3, 0.4) is 0 Å². The second kappa shape index (κ2) is 6.06. The fourth-order valence-electron chi connectivity index (χ4n) is 1.08. The zero-order chi connectivity index (χ0) is 11.2. The Morgan fingerprint density at radius 2 is 2.38 bits per heavy atom. The third-order valence-electron chi connectivity index (χ3n) is 1.72. The molecule has 2 nitrogen and oxygen atoms in total. The van der Waals surface area contributed by atoms with Crippen molar-refractivity contribution < 1.29 is 0 Å². The minimum atomic E-state index is 0.418. The average Bonchev–Trinajstić information content (AvgIpc) is 2.95. The van der Waals surface area contributed by atoms with Gasteiger partial charge in [-0.05, 0) is 12.1 Å². The predicted octanol–water partition coefficient (Wildman–Crippen LogP) is 2.81. The van der Waals surface area contributed by atoms with Crippen LogP contribution in [0.15, 0.2) is 28.0 Å². The van der Waals surface area contributed by atoms with E-state index in [1.807, 2.05) is 17.6 Å². The molecule has 0 saturated carbocycles. The number of thiazole rings is 1. The van der Waals surface area contributed by atoms with E-state index in [9.17, 15) is 0 Å². The molecule has 82 valence electrons. The van der Waals surface area contributed by atoms with E-state index >= 15 is 0 Å². The molecule has 0 radical (unpaired) electrons. The van der Waals surface area contributed by atoms with Gasteiger partial charge in [0, 0.05) is 22.2 Å². The molecule has 0 atom stereocenters. The van der Waals surface area contributed by atoms with E-state index in [2.05, 4.69) is 22.9 Å². The maximum Gasteiger partial charge on any atom is 0.150 e. The van der Waals surface area contributed by atoms with Crippen molar-refractivity contribution >= 4 is 34.4 Å². The first-order valence-corrected chi connectivity index (χ1v) is 7.36. The quantitative estimate of drug-likeness (QED) is 0.686. The first kappa shape index (κ1) is 11.7. The number of thiophene rings is 1. The Hall–Kier alpha value is -0.800. The van der Waals surface area contributed by atoms with Gasteiger partial charge in [0.15, 0.2) is 0 Å². The predicted molar refractivity (Wildman–Crippen MR) is 71.9 cm³/mol. The van der Waals surface area contributed by atoms with Crippen LogP contribution in [0.4, 0.5) is 0 Å². The Bertz CT molecular complexity index is 491. The van der Waals surface area contributed by atoms with Crippen LogP contribution in [0.25, 0.3) is 0 Å². The fourth-order valence-corrected chi connectivity index (χ4v) is 3.64. The van der Waals surface area contributed by atoms with E-state index < -0.39 is 0 Å². The summed E-state index contributed by atoms with van der Waals surface area (Å²) in [5.41, 5.74) is 5.33. The number of hydrogen-bond acceptors (Lipinski definition) is 5. The number of nitrogens with zero attached hydrogens (tertiary/aromatic N) is 1. The molecule has 0 spiro atoms. The normalized spacial score (nSPS) is 9.81. The molecule has 0 aliphatic heterocycles. The molecule has 16 heavy (non-hydrogen) atoms. The molecule has 0 aromatic carbocycles. The molecule has 2 aromatic rings. The molecule has 2 aromatic heterocycles. The van der Waals surface area contributed by atoms with Gasteiger partial charge in [-0.3, -0.25) is 0 Å². The van der Waals surface area contributed by atoms with Crippen molar-refractivity contribution in [1.29, 1.82) is 0 Å². The van der Waals surface area contributed by atoms with Crippen LogP contribution < -0.4 is 5.73 Å². The van der Waals surface area contributed by atoms with Crippen LogP contribution in [0, 0.1) is 11.8 Å². The van der Waals surface area contributed by atoms with Crippen molar-refractivity contribution in [2.45, 2.75) is 10.1 Å². The molecule has 0 fully saturated rings. The summed E-state index contributed by atoms with van der Waals surface area (Å²) in [4.78, 5) is 6.63. The van der Waals surface area contributed by atoms with E-state index in [-0.39, 0.29) is 0 Å². The monoisotopic (exact) mass is 266 g/mol. The van der Waals surface area contributed by atoms with Gasteiger partial charge >= 0.3 is 0 Å². The summed E-state index contributed by atoms with van der Waals surface area (Å²) in [7, 11) is 0. The first-order chi connectivity index (χ1) is 7.88. The van der Waals surface area contributed by atoms with Crippen LogP contribution in [-0.4, -0.2) is 11.5 Å². The lowest BCUT2D eigenvalue weighted by atomic mass is 10.4. The number of nitrogens with two attached hydrogens (primary N) is 1. The smallest absolute Gasteiger partial charge is 0.150 e. The van der Waals surface area contributed by atoms with E-state index in [1.165, 1.54) is 4.88 Å². The molecule has 0 unspecified atom stereocenters. The average molecular weight is 266 g/mol. The van der Waals surface area contributed by atoms with Gasteiger partial charge in [-0.2, -0.15) is 0 Å². The molecule has 2 rings (SSSR count). The van der Waals surface area contributed by atoms with Crippen molar-refractivity contribution in [1.82, 2.24) is 4.98 Å². The van der Waals surface area contributed by atoms with Crippen LogP contribution in [0.2, 0.25) is 0 Å². The van der Waals surface area contributed by atoms with Crippen molar-refractivity contribution in [2.24, 2.45) is 5.73 Å². The number of thioether (sulfide) groups is 1. The Morgan fingerprint density at radius 1 is 1.44 bits per heavy atom. The Labute approximate surface area is 107 Å². The van der Waals surface area contributed by atoms with E-state index in [0.717, 1.165) is 15.0 Å². The summed E-state index contributed by atoms with van der Waals surface area (Å²) in [6.07, 6.45) is 1.83. The Kier molecular flexibility index (Phi) is 4.43. The summed E-state index contributed by atoms with van der Waals surface area (Å²) in [5.74, 6) is 6.86. The highest BCUT2D eigenvalue weighted by Gasteiger charge is 2.01. The minimum absolute atomic E-state index is 0.418. The lowest BCUT2D eigenvalue weighted by molar-refractivity contribution is 1.25. The van der Waals surface area contributed by atoms with Gasteiger partial charge in [-0.25, -0.2) is 4.98 Å². The Morgan fingerprint density at radius 3 is 3.12 bits per heavy atom. The maximum atomic E-state index is 5.33. The van der Waals surface area contributed by atoms with Crippen molar-refractivity contribution in [3.63, 3.8) is 0 Å². The molecule has 0 aliphatic rings. The fraction of sp³-hybridized carbons (Fsp3) is 0.182. The lowest BCUT2D eigenvalue weighted by Crippen LogP contribution is -1.92. The molecule has 0 aliphatic carbocycles. The van der Waals surface area contributed by atoms with Crippen LogP contribution >= 0.6 is 34.4 Å². The highest BCUT2D eigenvalue weighted by molar-refractivity contribution is 8.00. The maximum absolute atomic E-state index is 5.33. The molecule has 0 saturated heterocycles. The van der Waals surface area contributed by atoms with Crippen molar-refractivity contribution in [3.8, 4) is 11.8 Å².